The molecular formula is C21H19NO3. The number of hydrogen-bond donors (Lipinski definition) is 0. The molecule has 1 aromatic heterocycles. The number of hydrogen-bond acceptors (Lipinski definition) is 3. The van der Waals surface area contributed by atoms with Crippen molar-refractivity contribution in [1.82, 2.24) is 0 Å². The first-order valence-electron chi connectivity index (χ1n) is 8.33. The van der Waals surface area contributed by atoms with Gasteiger partial charge in [-0.2, -0.15) is 0 Å². The molecule has 4 heteroatoms. The van der Waals surface area contributed by atoms with E-state index in [2.05, 4.69) is 0 Å². The van der Waals surface area contributed by atoms with Crippen molar-refractivity contribution < 1.29 is 13.9 Å². The maximum atomic E-state index is 12.7. The molecule has 0 saturated carbocycles. The third kappa shape index (κ3) is 2.96. The highest BCUT2D eigenvalue weighted by atomic mass is 16.5. The minimum absolute atomic E-state index is 0.0406. The van der Waals surface area contributed by atoms with Crippen molar-refractivity contribution in [3.05, 3.63) is 89.9 Å². The van der Waals surface area contributed by atoms with Gasteiger partial charge in [-0.1, -0.05) is 48.0 Å². The zero-order valence-electron chi connectivity index (χ0n) is 14.0. The second-order valence-corrected chi connectivity index (χ2v) is 6.22. The largest absolute Gasteiger partial charge is 0.467 e. The fourth-order valence-corrected chi connectivity index (χ4v) is 3.11. The number of carbonyl (C=O) groups excluding carboxylic acids is 1. The van der Waals surface area contributed by atoms with Gasteiger partial charge >= 0.3 is 0 Å². The number of furan rings is 1. The van der Waals surface area contributed by atoms with Crippen molar-refractivity contribution in [3.63, 3.8) is 0 Å². The van der Waals surface area contributed by atoms with Crippen LogP contribution in [0.1, 0.15) is 22.9 Å². The number of anilines is 1. The summed E-state index contributed by atoms with van der Waals surface area (Å²) in [5.74, 6) is 0.694. The van der Waals surface area contributed by atoms with Crippen LogP contribution in [0.3, 0.4) is 0 Å². The summed E-state index contributed by atoms with van der Waals surface area (Å²) in [5.41, 5.74) is 3.06. The zero-order valence-corrected chi connectivity index (χ0v) is 14.0. The summed E-state index contributed by atoms with van der Waals surface area (Å²) in [6.45, 7) is 2.42. The summed E-state index contributed by atoms with van der Waals surface area (Å²) in [5, 5.41) is 0. The highest BCUT2D eigenvalue weighted by Gasteiger charge is 2.51. The molecule has 0 N–H and O–H groups in total. The van der Waals surface area contributed by atoms with Gasteiger partial charge in [0.05, 0.1) is 12.9 Å². The first-order chi connectivity index (χ1) is 12.2. The lowest BCUT2D eigenvalue weighted by Gasteiger charge is -2.45. The topological polar surface area (TPSA) is 42.7 Å². The average Bonchev–Trinajstić information content (AvgIpc) is 3.16. The predicted octanol–water partition coefficient (Wildman–Crippen LogP) is 4.26. The second-order valence-electron chi connectivity index (χ2n) is 6.22. The normalized spacial score (nSPS) is 19.7. The first kappa shape index (κ1) is 15.7. The molecule has 126 valence electrons. The second kappa shape index (κ2) is 6.57. The van der Waals surface area contributed by atoms with Crippen molar-refractivity contribution in [2.24, 2.45) is 0 Å². The van der Waals surface area contributed by atoms with Crippen LogP contribution in [0.5, 0.6) is 0 Å². The van der Waals surface area contributed by atoms with E-state index >= 15 is 0 Å². The molecular weight excluding hydrogens is 314 g/mol. The van der Waals surface area contributed by atoms with Gasteiger partial charge in [-0.05, 0) is 36.8 Å². The molecule has 2 heterocycles. The van der Waals surface area contributed by atoms with Crippen LogP contribution in [0.15, 0.2) is 77.4 Å². The summed E-state index contributed by atoms with van der Waals surface area (Å²) in [6, 6.07) is 21.3. The number of carbonyl (C=O) groups is 1. The molecule has 1 saturated heterocycles. The Morgan fingerprint density at radius 3 is 2.44 bits per heavy atom. The van der Waals surface area contributed by atoms with E-state index in [-0.39, 0.29) is 11.9 Å². The smallest absolute Gasteiger partial charge is 0.259 e. The number of β-lactam (4-membered cyclic amide) rings is 1. The number of aryl methyl sites for hydroxylation is 1. The molecule has 2 aromatic carbocycles. The van der Waals surface area contributed by atoms with E-state index in [1.165, 1.54) is 0 Å². The molecule has 2 atom stereocenters. The minimum atomic E-state index is -0.535. The fourth-order valence-electron chi connectivity index (χ4n) is 3.11. The van der Waals surface area contributed by atoms with Crippen LogP contribution in [0.2, 0.25) is 0 Å². The molecule has 4 nitrogen and oxygen atoms in total. The molecule has 0 aliphatic carbocycles. The molecule has 3 aromatic rings. The van der Waals surface area contributed by atoms with Gasteiger partial charge in [-0.3, -0.25) is 9.69 Å². The number of benzene rings is 2. The van der Waals surface area contributed by atoms with E-state index in [9.17, 15) is 4.79 Å². The van der Waals surface area contributed by atoms with E-state index in [1.54, 1.807) is 11.2 Å². The lowest BCUT2D eigenvalue weighted by Crippen LogP contribution is -2.60. The van der Waals surface area contributed by atoms with Gasteiger partial charge in [0.15, 0.2) is 6.10 Å². The predicted molar refractivity (Wildman–Crippen MR) is 95.1 cm³/mol. The number of ether oxygens (including phenoxy) is 1. The zero-order chi connectivity index (χ0) is 17.2. The standard InChI is InChI=1S/C21H19NO3/c1-15-9-11-17(12-10-15)22-19(18-8-5-13-24-18)20(21(22)23)25-14-16-6-3-2-4-7-16/h2-13,19-20H,14H2,1H3/t19-,20+/m1/s1. The maximum absolute atomic E-state index is 12.7. The van der Waals surface area contributed by atoms with Crippen molar-refractivity contribution in [2.45, 2.75) is 25.7 Å². The Morgan fingerprint density at radius 1 is 1.00 bits per heavy atom. The summed E-state index contributed by atoms with van der Waals surface area (Å²) >= 11 is 0. The monoisotopic (exact) mass is 333 g/mol. The SMILES string of the molecule is Cc1ccc(N2C(=O)[C@@H](OCc3ccccc3)[C@H]2c2ccco2)cc1. The van der Waals surface area contributed by atoms with Crippen molar-refractivity contribution in [2.75, 3.05) is 4.90 Å². The van der Waals surface area contributed by atoms with Gasteiger partial charge in [0.2, 0.25) is 0 Å². The average molecular weight is 333 g/mol. The van der Waals surface area contributed by atoms with E-state index in [0.717, 1.165) is 22.6 Å². The molecule has 0 bridgehead atoms. The van der Waals surface area contributed by atoms with E-state index in [1.807, 2.05) is 73.7 Å². The van der Waals surface area contributed by atoms with Gasteiger partial charge < -0.3 is 9.15 Å². The van der Waals surface area contributed by atoms with Gasteiger partial charge in [0, 0.05) is 5.69 Å². The Bertz CT molecular complexity index is 841. The molecule has 0 unspecified atom stereocenters. The third-order valence-electron chi connectivity index (χ3n) is 4.46. The highest BCUT2D eigenvalue weighted by molar-refractivity contribution is 6.05. The van der Waals surface area contributed by atoms with Crippen LogP contribution >= 0.6 is 0 Å². The Morgan fingerprint density at radius 2 is 1.76 bits per heavy atom. The molecule has 0 radical (unpaired) electrons. The number of amides is 1. The highest BCUT2D eigenvalue weighted by Crippen LogP contribution is 2.41. The van der Waals surface area contributed by atoms with Crippen molar-refractivity contribution >= 4 is 11.6 Å². The molecule has 0 spiro atoms. The fraction of sp³-hybridized carbons (Fsp3) is 0.190. The molecule has 1 fully saturated rings. The van der Waals surface area contributed by atoms with Crippen LogP contribution in [0, 0.1) is 6.92 Å². The van der Waals surface area contributed by atoms with Crippen molar-refractivity contribution in [1.29, 1.82) is 0 Å². The quantitative estimate of drug-likeness (QED) is 0.655. The van der Waals surface area contributed by atoms with Crippen molar-refractivity contribution in [3.8, 4) is 0 Å². The van der Waals surface area contributed by atoms with Crippen LogP contribution in [0.25, 0.3) is 0 Å². The third-order valence-corrected chi connectivity index (χ3v) is 4.46. The molecule has 1 aliphatic heterocycles. The molecule has 25 heavy (non-hydrogen) atoms. The lowest BCUT2D eigenvalue weighted by atomic mass is 9.94. The first-order valence-corrected chi connectivity index (χ1v) is 8.33. The number of nitrogens with zero attached hydrogens (tertiary/aromatic N) is 1. The summed E-state index contributed by atoms with van der Waals surface area (Å²) in [4.78, 5) is 14.5. The Labute approximate surface area is 146 Å². The minimum Gasteiger partial charge on any atom is -0.467 e. The van der Waals surface area contributed by atoms with Crippen LogP contribution in [-0.4, -0.2) is 12.0 Å². The Hall–Kier alpha value is -2.85. The molecule has 4 rings (SSSR count). The van der Waals surface area contributed by atoms with Crippen LogP contribution in [0.4, 0.5) is 5.69 Å². The van der Waals surface area contributed by atoms with E-state index < -0.39 is 6.10 Å². The van der Waals surface area contributed by atoms with Gasteiger partial charge in [-0.25, -0.2) is 0 Å². The van der Waals surface area contributed by atoms with Gasteiger partial charge in [0.25, 0.3) is 5.91 Å². The van der Waals surface area contributed by atoms with Crippen LogP contribution < -0.4 is 4.90 Å². The molecule has 1 amide bonds. The van der Waals surface area contributed by atoms with Gasteiger partial charge in [0.1, 0.15) is 11.8 Å². The van der Waals surface area contributed by atoms with E-state index in [0.29, 0.717) is 6.61 Å². The Kier molecular flexibility index (Phi) is 4.12. The van der Waals surface area contributed by atoms with Crippen LogP contribution in [-0.2, 0) is 16.1 Å². The summed E-state index contributed by atoms with van der Waals surface area (Å²) in [6.07, 6.45) is 1.09. The lowest BCUT2D eigenvalue weighted by molar-refractivity contribution is -0.144. The molecule has 1 aliphatic rings. The van der Waals surface area contributed by atoms with E-state index in [4.69, 9.17) is 9.15 Å². The Balaban J connectivity index is 1.57. The summed E-state index contributed by atoms with van der Waals surface area (Å²) < 4.78 is 11.5. The maximum Gasteiger partial charge on any atom is 0.259 e. The summed E-state index contributed by atoms with van der Waals surface area (Å²) in [7, 11) is 0. The number of rotatable bonds is 5. The van der Waals surface area contributed by atoms with Gasteiger partial charge in [-0.15, -0.1) is 0 Å².